The second-order valence-electron chi connectivity index (χ2n) is 5.64. The van der Waals surface area contributed by atoms with Crippen molar-refractivity contribution in [1.29, 1.82) is 0 Å². The van der Waals surface area contributed by atoms with Gasteiger partial charge in [0.15, 0.2) is 0 Å². The molecule has 7 heteroatoms. The number of pyridine rings is 1. The molecule has 5 nitrogen and oxygen atoms in total. The highest BCUT2D eigenvalue weighted by Crippen LogP contribution is 2.17. The minimum Gasteiger partial charge on any atom is -0.297 e. The zero-order chi connectivity index (χ0) is 16.3. The van der Waals surface area contributed by atoms with Gasteiger partial charge < -0.3 is 0 Å². The first-order chi connectivity index (χ1) is 11.0. The van der Waals surface area contributed by atoms with Crippen molar-refractivity contribution in [2.24, 2.45) is 0 Å². The van der Waals surface area contributed by atoms with Crippen LogP contribution in [0.25, 0.3) is 0 Å². The van der Waals surface area contributed by atoms with Crippen LogP contribution in [-0.4, -0.2) is 37.4 Å². The smallest absolute Gasteiger partial charge is 0.242 e. The predicted octanol–water partition coefficient (Wildman–Crippen LogP) is 2.29. The summed E-state index contributed by atoms with van der Waals surface area (Å²) in [6.45, 7) is 2.41. The molecule has 0 saturated carbocycles. The van der Waals surface area contributed by atoms with E-state index in [9.17, 15) is 8.42 Å². The van der Waals surface area contributed by atoms with Gasteiger partial charge >= 0.3 is 0 Å². The summed E-state index contributed by atoms with van der Waals surface area (Å²) in [6, 6.07) is 13.0. The van der Waals surface area contributed by atoms with Gasteiger partial charge in [0.05, 0.1) is 0 Å². The number of aromatic nitrogens is 1. The Kier molecular flexibility index (Phi) is 4.96. The first-order valence-corrected chi connectivity index (χ1v) is 9.29. The SMILES string of the molecule is O=S(=O)(N[C@H]1CCN(Cc2ccccc2)C1)c1ccc(Cl)nc1. The van der Waals surface area contributed by atoms with E-state index in [0.717, 1.165) is 19.5 Å². The third-order valence-corrected chi connectivity index (χ3v) is 5.58. The van der Waals surface area contributed by atoms with Crippen molar-refractivity contribution < 1.29 is 8.42 Å². The van der Waals surface area contributed by atoms with Crippen LogP contribution >= 0.6 is 11.6 Å². The fourth-order valence-corrected chi connectivity index (χ4v) is 4.04. The molecule has 1 aromatic heterocycles. The number of sulfonamides is 1. The van der Waals surface area contributed by atoms with Crippen LogP contribution < -0.4 is 4.72 Å². The second kappa shape index (κ2) is 6.97. The lowest BCUT2D eigenvalue weighted by Crippen LogP contribution is -2.37. The molecule has 1 atom stereocenters. The fourth-order valence-electron chi connectivity index (χ4n) is 2.72. The zero-order valence-electron chi connectivity index (χ0n) is 12.5. The molecule has 1 aliphatic rings. The average Bonchev–Trinajstić information content (AvgIpc) is 2.95. The fraction of sp³-hybridized carbons (Fsp3) is 0.312. The van der Waals surface area contributed by atoms with E-state index in [1.807, 2.05) is 18.2 Å². The number of nitrogens with zero attached hydrogens (tertiary/aromatic N) is 2. The first kappa shape index (κ1) is 16.4. The summed E-state index contributed by atoms with van der Waals surface area (Å²) < 4.78 is 27.5. The van der Waals surface area contributed by atoms with E-state index in [0.29, 0.717) is 6.54 Å². The van der Waals surface area contributed by atoms with Gasteiger partial charge in [-0.25, -0.2) is 18.1 Å². The van der Waals surface area contributed by atoms with Gasteiger partial charge in [-0.2, -0.15) is 0 Å². The van der Waals surface area contributed by atoms with Gasteiger partial charge in [-0.1, -0.05) is 41.9 Å². The zero-order valence-corrected chi connectivity index (χ0v) is 14.1. The number of hydrogen-bond acceptors (Lipinski definition) is 4. The maximum atomic E-state index is 12.4. The molecule has 0 bridgehead atoms. The lowest BCUT2D eigenvalue weighted by atomic mass is 10.2. The second-order valence-corrected chi connectivity index (χ2v) is 7.75. The largest absolute Gasteiger partial charge is 0.297 e. The summed E-state index contributed by atoms with van der Waals surface area (Å²) in [5, 5.41) is 0.277. The Morgan fingerprint density at radius 2 is 2.00 bits per heavy atom. The van der Waals surface area contributed by atoms with Crippen molar-refractivity contribution in [1.82, 2.24) is 14.6 Å². The summed E-state index contributed by atoms with van der Waals surface area (Å²) >= 11 is 5.70. The highest BCUT2D eigenvalue weighted by molar-refractivity contribution is 7.89. The van der Waals surface area contributed by atoms with E-state index in [4.69, 9.17) is 11.6 Å². The van der Waals surface area contributed by atoms with Crippen molar-refractivity contribution in [3.05, 3.63) is 59.4 Å². The molecule has 0 amide bonds. The quantitative estimate of drug-likeness (QED) is 0.839. The Balaban J connectivity index is 1.60. The van der Waals surface area contributed by atoms with E-state index in [1.165, 1.54) is 23.9 Å². The molecule has 0 spiro atoms. The first-order valence-electron chi connectivity index (χ1n) is 7.43. The molecule has 2 aromatic rings. The molecular weight excluding hydrogens is 334 g/mol. The summed E-state index contributed by atoms with van der Waals surface area (Å²) in [5.74, 6) is 0. The topological polar surface area (TPSA) is 62.3 Å². The van der Waals surface area contributed by atoms with Crippen molar-refractivity contribution in [3.63, 3.8) is 0 Å². The van der Waals surface area contributed by atoms with Gasteiger partial charge in [-0.15, -0.1) is 0 Å². The molecule has 1 aromatic carbocycles. The van der Waals surface area contributed by atoms with Crippen LogP contribution in [0, 0.1) is 0 Å². The Hall–Kier alpha value is -1.47. The standard InChI is InChI=1S/C16H18ClN3O2S/c17-16-7-6-15(10-18-16)23(21,22)19-14-8-9-20(12-14)11-13-4-2-1-3-5-13/h1-7,10,14,19H,8-9,11-12H2/t14-/m0/s1. The van der Waals surface area contributed by atoms with Gasteiger partial charge in [0, 0.05) is 31.9 Å². The molecule has 3 rings (SSSR count). The minimum absolute atomic E-state index is 0.0839. The molecule has 23 heavy (non-hydrogen) atoms. The summed E-state index contributed by atoms with van der Waals surface area (Å²) in [6.07, 6.45) is 2.08. The van der Waals surface area contributed by atoms with Gasteiger partial charge in [0.2, 0.25) is 10.0 Å². The van der Waals surface area contributed by atoms with Crippen LogP contribution in [0.1, 0.15) is 12.0 Å². The lowest BCUT2D eigenvalue weighted by molar-refractivity contribution is 0.324. The summed E-state index contributed by atoms with van der Waals surface area (Å²) in [4.78, 5) is 6.22. The van der Waals surface area contributed by atoms with Gasteiger partial charge in [-0.3, -0.25) is 4.90 Å². The van der Waals surface area contributed by atoms with Crippen LogP contribution in [0.2, 0.25) is 5.15 Å². The van der Waals surface area contributed by atoms with E-state index >= 15 is 0 Å². The van der Waals surface area contributed by atoms with E-state index in [-0.39, 0.29) is 16.1 Å². The van der Waals surface area contributed by atoms with Gasteiger partial charge in [0.1, 0.15) is 10.0 Å². The third-order valence-electron chi connectivity index (χ3n) is 3.85. The molecule has 1 saturated heterocycles. The predicted molar refractivity (Wildman–Crippen MR) is 89.7 cm³/mol. The molecule has 1 aliphatic heterocycles. The molecule has 122 valence electrons. The maximum Gasteiger partial charge on any atom is 0.242 e. The Bertz CT molecular complexity index is 751. The Morgan fingerprint density at radius 1 is 1.22 bits per heavy atom. The number of likely N-dealkylation sites (tertiary alicyclic amines) is 1. The molecule has 2 heterocycles. The third kappa shape index (κ3) is 4.29. The molecule has 1 N–H and O–H groups in total. The highest BCUT2D eigenvalue weighted by Gasteiger charge is 2.27. The Labute approximate surface area is 141 Å². The Morgan fingerprint density at radius 3 is 2.70 bits per heavy atom. The van der Waals surface area contributed by atoms with Crippen molar-refractivity contribution in [2.75, 3.05) is 13.1 Å². The highest BCUT2D eigenvalue weighted by atomic mass is 35.5. The molecule has 1 fully saturated rings. The van der Waals surface area contributed by atoms with E-state index in [1.54, 1.807) is 0 Å². The minimum atomic E-state index is -3.55. The summed E-state index contributed by atoms with van der Waals surface area (Å²) in [5.41, 5.74) is 1.23. The number of halogens is 1. The van der Waals surface area contributed by atoms with Gasteiger partial charge in [-0.05, 0) is 24.1 Å². The van der Waals surface area contributed by atoms with Crippen LogP contribution in [0.3, 0.4) is 0 Å². The number of rotatable bonds is 5. The monoisotopic (exact) mass is 351 g/mol. The number of benzene rings is 1. The van der Waals surface area contributed by atoms with Gasteiger partial charge in [0.25, 0.3) is 0 Å². The summed E-state index contributed by atoms with van der Waals surface area (Å²) in [7, 11) is -3.55. The maximum absolute atomic E-state index is 12.4. The lowest BCUT2D eigenvalue weighted by Gasteiger charge is -2.17. The van der Waals surface area contributed by atoms with Crippen molar-refractivity contribution >= 4 is 21.6 Å². The van der Waals surface area contributed by atoms with Crippen molar-refractivity contribution in [2.45, 2.75) is 23.9 Å². The molecule has 0 unspecified atom stereocenters. The molecule has 0 radical (unpaired) electrons. The average molecular weight is 352 g/mol. The van der Waals surface area contributed by atoms with Crippen LogP contribution in [-0.2, 0) is 16.6 Å². The van der Waals surface area contributed by atoms with E-state index < -0.39 is 10.0 Å². The number of hydrogen-bond donors (Lipinski definition) is 1. The van der Waals surface area contributed by atoms with Crippen molar-refractivity contribution in [3.8, 4) is 0 Å². The van der Waals surface area contributed by atoms with E-state index in [2.05, 4.69) is 26.7 Å². The molecule has 0 aliphatic carbocycles. The molecular formula is C16H18ClN3O2S. The normalized spacial score (nSPS) is 19.1. The van der Waals surface area contributed by atoms with Crippen LogP contribution in [0.4, 0.5) is 0 Å². The van der Waals surface area contributed by atoms with Crippen LogP contribution in [0.15, 0.2) is 53.6 Å². The van der Waals surface area contributed by atoms with Crippen LogP contribution in [0.5, 0.6) is 0 Å². The number of nitrogens with one attached hydrogen (secondary N) is 1.